The highest BCUT2D eigenvalue weighted by Gasteiger charge is 2.30. The van der Waals surface area contributed by atoms with Crippen molar-refractivity contribution in [3.05, 3.63) is 54.1 Å². The molecule has 0 radical (unpaired) electrons. The van der Waals surface area contributed by atoms with Crippen LogP contribution in [0.3, 0.4) is 0 Å². The maximum Gasteiger partial charge on any atom is 0.246 e. The Morgan fingerprint density at radius 3 is 2.39 bits per heavy atom. The van der Waals surface area contributed by atoms with E-state index in [-0.39, 0.29) is 28.4 Å². The summed E-state index contributed by atoms with van der Waals surface area (Å²) in [4.78, 5) is 13.3. The number of ether oxygens (including phenoxy) is 1. The Kier molecular flexibility index (Phi) is 7.73. The Morgan fingerprint density at radius 1 is 1.10 bits per heavy atom. The molecule has 31 heavy (non-hydrogen) atoms. The number of benzene rings is 2. The lowest BCUT2D eigenvalue weighted by Gasteiger charge is -2.27. The van der Waals surface area contributed by atoms with Crippen molar-refractivity contribution in [3.63, 3.8) is 0 Å². The van der Waals surface area contributed by atoms with Gasteiger partial charge >= 0.3 is 0 Å². The molecule has 3 rings (SSSR count). The molecule has 1 N–H and O–H groups in total. The average Bonchev–Trinajstić information content (AvgIpc) is 2.80. The zero-order chi connectivity index (χ0) is 22.4. The zero-order valence-electron chi connectivity index (χ0n) is 18.5. The van der Waals surface area contributed by atoms with Crippen molar-refractivity contribution in [2.75, 3.05) is 25.5 Å². The Morgan fingerprint density at radius 2 is 1.77 bits per heavy atom. The predicted octanol–water partition coefficient (Wildman–Crippen LogP) is 4.64. The normalized spacial score (nSPS) is 17.0. The summed E-state index contributed by atoms with van der Waals surface area (Å²) in [6, 6.07) is 14.5. The Labute approximate surface area is 185 Å². The van der Waals surface area contributed by atoms with Crippen LogP contribution in [-0.4, -0.2) is 38.8 Å². The van der Waals surface area contributed by atoms with Crippen molar-refractivity contribution < 1.29 is 17.9 Å². The quantitative estimate of drug-likeness (QED) is 0.644. The number of amides is 1. The van der Waals surface area contributed by atoms with E-state index >= 15 is 0 Å². The van der Waals surface area contributed by atoms with Crippen molar-refractivity contribution in [1.29, 1.82) is 0 Å². The SMILES string of the molecule is CCC(C)C(C(=O)Nc1ccc(OC)c(S(=O)(=O)N2CCCCC2)c1)c1ccccc1. The molecule has 1 aliphatic heterocycles. The molecular formula is C24H32N2O4S. The molecule has 1 amide bonds. The lowest BCUT2D eigenvalue weighted by molar-refractivity contribution is -0.118. The molecule has 7 heteroatoms. The number of hydrogen-bond donors (Lipinski definition) is 1. The fraction of sp³-hybridized carbons (Fsp3) is 0.458. The topological polar surface area (TPSA) is 75.7 Å². The molecule has 0 aromatic heterocycles. The van der Waals surface area contributed by atoms with Gasteiger partial charge in [0.2, 0.25) is 15.9 Å². The van der Waals surface area contributed by atoms with E-state index in [0.29, 0.717) is 18.8 Å². The highest BCUT2D eigenvalue weighted by atomic mass is 32.2. The van der Waals surface area contributed by atoms with Gasteiger partial charge in [0.25, 0.3) is 0 Å². The number of anilines is 1. The van der Waals surface area contributed by atoms with E-state index in [2.05, 4.69) is 19.2 Å². The summed E-state index contributed by atoms with van der Waals surface area (Å²) < 4.78 is 33.3. The number of nitrogens with zero attached hydrogens (tertiary/aromatic N) is 1. The van der Waals surface area contributed by atoms with Gasteiger partial charge in [0.1, 0.15) is 10.6 Å². The second-order valence-corrected chi connectivity index (χ2v) is 10.00. The number of carbonyl (C=O) groups excluding carboxylic acids is 1. The molecule has 2 aromatic rings. The maximum atomic E-state index is 13.2. The van der Waals surface area contributed by atoms with Gasteiger partial charge in [0, 0.05) is 18.8 Å². The van der Waals surface area contributed by atoms with Crippen molar-refractivity contribution in [3.8, 4) is 5.75 Å². The summed E-state index contributed by atoms with van der Waals surface area (Å²) in [5, 5.41) is 2.95. The van der Waals surface area contributed by atoms with Crippen LogP contribution in [0.1, 0.15) is 51.0 Å². The summed E-state index contributed by atoms with van der Waals surface area (Å²) in [5.41, 5.74) is 1.40. The van der Waals surface area contributed by atoms with E-state index in [1.165, 1.54) is 17.5 Å². The van der Waals surface area contributed by atoms with Gasteiger partial charge in [-0.2, -0.15) is 4.31 Å². The van der Waals surface area contributed by atoms with Gasteiger partial charge in [0.05, 0.1) is 13.0 Å². The van der Waals surface area contributed by atoms with Gasteiger partial charge in [-0.15, -0.1) is 0 Å². The molecule has 1 heterocycles. The first kappa shape index (κ1) is 23.3. The lowest BCUT2D eigenvalue weighted by Crippen LogP contribution is -2.35. The third-order valence-corrected chi connectivity index (χ3v) is 7.94. The smallest absolute Gasteiger partial charge is 0.246 e. The standard InChI is InChI=1S/C24H32N2O4S/c1-4-18(2)23(19-11-7-5-8-12-19)24(27)25-20-13-14-21(30-3)22(17-20)31(28,29)26-15-9-6-10-16-26/h5,7-8,11-14,17-18,23H,4,6,9-10,15-16H2,1-3H3,(H,25,27). The summed E-state index contributed by atoms with van der Waals surface area (Å²) in [5.74, 6) is -0.0511. The molecule has 1 saturated heterocycles. The van der Waals surface area contributed by atoms with E-state index in [0.717, 1.165) is 31.2 Å². The number of sulfonamides is 1. The van der Waals surface area contributed by atoms with E-state index < -0.39 is 10.0 Å². The molecule has 0 aliphatic carbocycles. The predicted molar refractivity (Wildman–Crippen MR) is 123 cm³/mol. The number of rotatable bonds is 8. The molecule has 168 valence electrons. The highest BCUT2D eigenvalue weighted by molar-refractivity contribution is 7.89. The number of hydrogen-bond acceptors (Lipinski definition) is 4. The van der Waals surface area contributed by atoms with Gasteiger partial charge in [-0.25, -0.2) is 8.42 Å². The third kappa shape index (κ3) is 5.28. The van der Waals surface area contributed by atoms with Gasteiger partial charge in [-0.3, -0.25) is 4.79 Å². The molecule has 2 aromatic carbocycles. The van der Waals surface area contributed by atoms with Gasteiger partial charge in [-0.05, 0) is 42.5 Å². The van der Waals surface area contributed by atoms with Crippen LogP contribution in [0.2, 0.25) is 0 Å². The van der Waals surface area contributed by atoms with Crippen molar-refractivity contribution in [2.24, 2.45) is 5.92 Å². The second-order valence-electron chi connectivity index (χ2n) is 8.09. The van der Waals surface area contributed by atoms with E-state index in [1.807, 2.05) is 30.3 Å². The minimum absolute atomic E-state index is 0.0921. The second kappa shape index (κ2) is 10.3. The van der Waals surface area contributed by atoms with Crippen LogP contribution >= 0.6 is 0 Å². The number of nitrogens with one attached hydrogen (secondary N) is 1. The van der Waals surface area contributed by atoms with Crippen LogP contribution in [0, 0.1) is 5.92 Å². The van der Waals surface area contributed by atoms with Gasteiger partial charge in [-0.1, -0.05) is 57.0 Å². The first-order chi connectivity index (χ1) is 14.9. The van der Waals surface area contributed by atoms with Crippen molar-refractivity contribution in [2.45, 2.75) is 50.3 Å². The van der Waals surface area contributed by atoms with Crippen molar-refractivity contribution >= 4 is 21.6 Å². The van der Waals surface area contributed by atoms with Crippen LogP contribution in [0.4, 0.5) is 5.69 Å². The van der Waals surface area contributed by atoms with Crippen LogP contribution in [0.25, 0.3) is 0 Å². The number of carbonyl (C=O) groups is 1. The Balaban J connectivity index is 1.91. The molecule has 0 bridgehead atoms. The molecule has 1 fully saturated rings. The van der Waals surface area contributed by atoms with Gasteiger partial charge in [0.15, 0.2) is 0 Å². The molecular weight excluding hydrogens is 412 g/mol. The molecule has 2 unspecified atom stereocenters. The number of piperidine rings is 1. The van der Waals surface area contributed by atoms with Crippen LogP contribution in [-0.2, 0) is 14.8 Å². The fourth-order valence-corrected chi connectivity index (χ4v) is 5.75. The lowest BCUT2D eigenvalue weighted by atomic mass is 9.85. The Hall–Kier alpha value is -2.38. The van der Waals surface area contributed by atoms with Crippen LogP contribution in [0.15, 0.2) is 53.4 Å². The van der Waals surface area contributed by atoms with Crippen molar-refractivity contribution in [1.82, 2.24) is 4.31 Å². The minimum atomic E-state index is -3.70. The first-order valence-corrected chi connectivity index (χ1v) is 12.4. The third-order valence-electron chi connectivity index (χ3n) is 6.02. The van der Waals surface area contributed by atoms with Crippen LogP contribution in [0.5, 0.6) is 5.75 Å². The molecule has 2 atom stereocenters. The van der Waals surface area contributed by atoms with Crippen LogP contribution < -0.4 is 10.1 Å². The van der Waals surface area contributed by atoms with E-state index in [4.69, 9.17) is 4.74 Å². The minimum Gasteiger partial charge on any atom is -0.495 e. The van der Waals surface area contributed by atoms with E-state index in [1.54, 1.807) is 12.1 Å². The first-order valence-electron chi connectivity index (χ1n) is 10.9. The Bertz CT molecular complexity index is 986. The average molecular weight is 445 g/mol. The maximum absolute atomic E-state index is 13.2. The molecule has 0 spiro atoms. The summed E-state index contributed by atoms with van der Waals surface area (Å²) in [7, 11) is -2.24. The summed E-state index contributed by atoms with van der Waals surface area (Å²) in [6.45, 7) is 5.13. The monoisotopic (exact) mass is 444 g/mol. The van der Waals surface area contributed by atoms with E-state index in [9.17, 15) is 13.2 Å². The summed E-state index contributed by atoms with van der Waals surface area (Å²) >= 11 is 0. The zero-order valence-corrected chi connectivity index (χ0v) is 19.3. The fourth-order valence-electron chi connectivity index (χ4n) is 4.05. The number of methoxy groups -OCH3 is 1. The van der Waals surface area contributed by atoms with Gasteiger partial charge < -0.3 is 10.1 Å². The largest absolute Gasteiger partial charge is 0.495 e. The molecule has 6 nitrogen and oxygen atoms in total. The molecule has 1 aliphatic rings. The molecule has 0 saturated carbocycles. The highest BCUT2D eigenvalue weighted by Crippen LogP contribution is 2.33. The summed E-state index contributed by atoms with van der Waals surface area (Å²) in [6.07, 6.45) is 3.59.